The van der Waals surface area contributed by atoms with Gasteiger partial charge in [0.2, 0.25) is 15.9 Å². The van der Waals surface area contributed by atoms with Crippen LogP contribution in [0.4, 0.5) is 5.82 Å². The van der Waals surface area contributed by atoms with Gasteiger partial charge in [-0.25, -0.2) is 13.1 Å². The van der Waals surface area contributed by atoms with E-state index in [0.29, 0.717) is 17.9 Å². The van der Waals surface area contributed by atoms with E-state index >= 15 is 0 Å². The summed E-state index contributed by atoms with van der Waals surface area (Å²) in [4.78, 5) is 13.4. The zero-order valence-electron chi connectivity index (χ0n) is 20.5. The predicted octanol–water partition coefficient (Wildman–Crippen LogP) is 5.28. The summed E-state index contributed by atoms with van der Waals surface area (Å²) >= 11 is 0. The number of sulfonamides is 1. The van der Waals surface area contributed by atoms with Crippen molar-refractivity contribution >= 4 is 21.7 Å². The van der Waals surface area contributed by atoms with Crippen molar-refractivity contribution < 1.29 is 13.2 Å². The maximum Gasteiger partial charge on any atom is 0.243 e. The van der Waals surface area contributed by atoms with E-state index < -0.39 is 15.9 Å². The second kappa shape index (κ2) is 11.3. The molecule has 0 aliphatic rings. The van der Waals surface area contributed by atoms with Crippen molar-refractivity contribution in [3.63, 3.8) is 0 Å². The van der Waals surface area contributed by atoms with Crippen LogP contribution in [0.2, 0.25) is 0 Å². The molecule has 0 atom stereocenters. The number of aryl methyl sites for hydroxylation is 1. The number of hydrogen-bond acceptors (Lipinski definition) is 4. The molecule has 0 fully saturated rings. The lowest BCUT2D eigenvalue weighted by Gasteiger charge is -2.22. The number of rotatable bonds is 10. The fraction of sp³-hybridized carbons (Fsp3) is 0.214. The number of aromatic nitrogens is 2. The molecular formula is C28H30N4O3S. The molecule has 3 aromatic carbocycles. The monoisotopic (exact) mass is 502 g/mol. The van der Waals surface area contributed by atoms with Crippen LogP contribution in [0.1, 0.15) is 25.3 Å². The Kier molecular flexibility index (Phi) is 7.97. The highest BCUT2D eigenvalue weighted by molar-refractivity contribution is 7.89. The van der Waals surface area contributed by atoms with Gasteiger partial charge < -0.3 is 5.32 Å². The SMILES string of the molecule is CCCCN(CC(=O)Nc1cc(-c2ccccc2)nn1-c1ccccc1)S(=O)(=O)c1ccc(C)cc1. The van der Waals surface area contributed by atoms with Crippen LogP contribution in [-0.4, -0.2) is 41.5 Å². The van der Waals surface area contributed by atoms with Crippen molar-refractivity contribution in [3.8, 4) is 16.9 Å². The average Bonchev–Trinajstić information content (AvgIpc) is 3.31. The van der Waals surface area contributed by atoms with Gasteiger partial charge in [-0.2, -0.15) is 9.40 Å². The quantitative estimate of drug-likeness (QED) is 0.320. The number of hydrogen-bond donors (Lipinski definition) is 1. The van der Waals surface area contributed by atoms with Gasteiger partial charge in [0.05, 0.1) is 22.8 Å². The van der Waals surface area contributed by atoms with E-state index in [-0.39, 0.29) is 18.0 Å². The molecule has 0 bridgehead atoms. The second-order valence-corrected chi connectivity index (χ2v) is 10.5. The maximum absolute atomic E-state index is 13.3. The molecule has 4 aromatic rings. The minimum Gasteiger partial charge on any atom is -0.309 e. The molecule has 1 aromatic heterocycles. The summed E-state index contributed by atoms with van der Waals surface area (Å²) in [6.07, 6.45) is 1.46. The van der Waals surface area contributed by atoms with Crippen molar-refractivity contribution in [2.45, 2.75) is 31.6 Å². The normalized spacial score (nSPS) is 11.5. The first-order valence-corrected chi connectivity index (χ1v) is 13.4. The van der Waals surface area contributed by atoms with E-state index in [0.717, 1.165) is 23.2 Å². The highest BCUT2D eigenvalue weighted by Gasteiger charge is 2.27. The summed E-state index contributed by atoms with van der Waals surface area (Å²) < 4.78 is 29.6. The summed E-state index contributed by atoms with van der Waals surface area (Å²) in [5.74, 6) is 0.0340. The highest BCUT2D eigenvalue weighted by atomic mass is 32.2. The minimum absolute atomic E-state index is 0.178. The van der Waals surface area contributed by atoms with Crippen LogP contribution in [0, 0.1) is 6.92 Å². The van der Waals surface area contributed by atoms with Crippen LogP contribution in [0.15, 0.2) is 95.9 Å². The Bertz CT molecular complexity index is 1400. The molecule has 0 aliphatic carbocycles. The zero-order chi connectivity index (χ0) is 25.5. The molecule has 0 radical (unpaired) electrons. The van der Waals surface area contributed by atoms with Gasteiger partial charge in [0.15, 0.2) is 0 Å². The number of amides is 1. The van der Waals surface area contributed by atoms with Crippen LogP contribution >= 0.6 is 0 Å². The van der Waals surface area contributed by atoms with Crippen molar-refractivity contribution in [2.75, 3.05) is 18.4 Å². The minimum atomic E-state index is -3.83. The van der Waals surface area contributed by atoms with E-state index in [9.17, 15) is 13.2 Å². The number of anilines is 1. The van der Waals surface area contributed by atoms with Gasteiger partial charge in [-0.1, -0.05) is 79.6 Å². The average molecular weight is 503 g/mol. The largest absolute Gasteiger partial charge is 0.309 e. The van der Waals surface area contributed by atoms with E-state index in [2.05, 4.69) is 5.32 Å². The summed E-state index contributed by atoms with van der Waals surface area (Å²) in [6.45, 7) is 3.85. The van der Waals surface area contributed by atoms with Crippen molar-refractivity contribution in [1.82, 2.24) is 14.1 Å². The molecular weight excluding hydrogens is 472 g/mol. The molecule has 0 aliphatic heterocycles. The summed E-state index contributed by atoms with van der Waals surface area (Å²) in [5, 5.41) is 7.60. The first kappa shape index (κ1) is 25.3. The smallest absolute Gasteiger partial charge is 0.243 e. The number of carbonyl (C=O) groups is 1. The molecule has 0 saturated heterocycles. The van der Waals surface area contributed by atoms with Crippen molar-refractivity contribution in [3.05, 3.63) is 96.6 Å². The van der Waals surface area contributed by atoms with Gasteiger partial charge in [-0.05, 0) is 37.6 Å². The molecule has 0 unspecified atom stereocenters. The standard InChI is InChI=1S/C28H30N4O3S/c1-3-4-19-31(36(34,35)25-17-15-22(2)16-18-25)21-28(33)29-27-20-26(23-11-7-5-8-12-23)30-32(27)24-13-9-6-10-14-24/h5-18,20H,3-4,19,21H2,1-2H3,(H,29,33). The highest BCUT2D eigenvalue weighted by Crippen LogP contribution is 2.25. The van der Waals surface area contributed by atoms with Gasteiger partial charge in [-0.15, -0.1) is 0 Å². The third-order valence-corrected chi connectivity index (χ3v) is 7.65. The van der Waals surface area contributed by atoms with Crippen LogP contribution in [-0.2, 0) is 14.8 Å². The third kappa shape index (κ3) is 5.90. The number of nitrogens with zero attached hydrogens (tertiary/aromatic N) is 3. The molecule has 8 heteroatoms. The molecule has 186 valence electrons. The van der Waals surface area contributed by atoms with Crippen LogP contribution in [0.25, 0.3) is 16.9 Å². The van der Waals surface area contributed by atoms with Gasteiger partial charge >= 0.3 is 0 Å². The molecule has 36 heavy (non-hydrogen) atoms. The zero-order valence-corrected chi connectivity index (χ0v) is 21.3. The molecule has 1 amide bonds. The molecule has 0 spiro atoms. The summed E-state index contributed by atoms with van der Waals surface area (Å²) in [5.41, 5.74) is 3.36. The summed E-state index contributed by atoms with van der Waals surface area (Å²) in [7, 11) is -3.83. The first-order chi connectivity index (χ1) is 17.4. The summed E-state index contributed by atoms with van der Waals surface area (Å²) in [6, 6.07) is 27.6. The van der Waals surface area contributed by atoms with Crippen molar-refractivity contribution in [2.24, 2.45) is 0 Å². The first-order valence-electron chi connectivity index (χ1n) is 12.0. The number of carbonyl (C=O) groups excluding carboxylic acids is 1. The van der Waals surface area contributed by atoms with E-state index in [1.807, 2.05) is 74.5 Å². The van der Waals surface area contributed by atoms with E-state index in [1.54, 1.807) is 35.0 Å². The van der Waals surface area contributed by atoms with Gasteiger partial charge in [0.25, 0.3) is 0 Å². The van der Waals surface area contributed by atoms with Gasteiger partial charge in [-0.3, -0.25) is 4.79 Å². The lowest BCUT2D eigenvalue weighted by atomic mass is 10.2. The van der Waals surface area contributed by atoms with Gasteiger partial charge in [0.1, 0.15) is 5.82 Å². The topological polar surface area (TPSA) is 84.3 Å². The Morgan fingerprint density at radius 1 is 0.944 bits per heavy atom. The fourth-order valence-electron chi connectivity index (χ4n) is 3.81. The predicted molar refractivity (Wildman–Crippen MR) is 142 cm³/mol. The molecule has 1 N–H and O–H groups in total. The number of unbranched alkanes of at least 4 members (excludes halogenated alkanes) is 1. The molecule has 4 rings (SSSR count). The van der Waals surface area contributed by atoms with Crippen molar-refractivity contribution in [1.29, 1.82) is 0 Å². The number of para-hydroxylation sites is 1. The van der Waals surface area contributed by atoms with E-state index in [1.165, 1.54) is 4.31 Å². The lowest BCUT2D eigenvalue weighted by Crippen LogP contribution is -2.38. The Hall–Kier alpha value is -3.75. The van der Waals surface area contributed by atoms with Crippen LogP contribution < -0.4 is 5.32 Å². The Morgan fingerprint density at radius 3 is 2.22 bits per heavy atom. The Balaban J connectivity index is 1.62. The lowest BCUT2D eigenvalue weighted by molar-refractivity contribution is -0.116. The Morgan fingerprint density at radius 2 is 1.58 bits per heavy atom. The molecule has 0 saturated carbocycles. The van der Waals surface area contributed by atoms with Crippen LogP contribution in [0.5, 0.6) is 0 Å². The number of nitrogens with one attached hydrogen (secondary N) is 1. The third-order valence-electron chi connectivity index (χ3n) is 5.79. The number of benzene rings is 3. The van der Waals surface area contributed by atoms with Crippen LogP contribution in [0.3, 0.4) is 0 Å². The Labute approximate surface area is 212 Å². The second-order valence-electron chi connectivity index (χ2n) is 8.58. The fourth-order valence-corrected chi connectivity index (χ4v) is 5.24. The molecule has 1 heterocycles. The van der Waals surface area contributed by atoms with Gasteiger partial charge in [0, 0.05) is 18.2 Å². The maximum atomic E-state index is 13.3. The van der Waals surface area contributed by atoms with E-state index in [4.69, 9.17) is 5.10 Å². The molecule has 7 nitrogen and oxygen atoms in total.